The van der Waals surface area contributed by atoms with Gasteiger partial charge in [0.25, 0.3) is 0 Å². The highest BCUT2D eigenvalue weighted by atomic mass is 14.7. The zero-order valence-corrected chi connectivity index (χ0v) is 19.1. The third kappa shape index (κ3) is 3.36. The van der Waals surface area contributed by atoms with Gasteiger partial charge in [-0.1, -0.05) is 76.2 Å². The third-order valence-electron chi connectivity index (χ3n) is 6.89. The second-order valence-corrected chi connectivity index (χ2v) is 9.62. The molecule has 0 saturated heterocycles. The van der Waals surface area contributed by atoms with Gasteiger partial charge >= 0.3 is 0 Å². The summed E-state index contributed by atoms with van der Waals surface area (Å²) in [6.45, 7) is 8.99. The fourth-order valence-corrected chi connectivity index (χ4v) is 4.59. The zero-order valence-electron chi connectivity index (χ0n) is 19.1. The maximum atomic E-state index is 4.64. The molecule has 0 aliphatic carbocycles. The van der Waals surface area contributed by atoms with Crippen molar-refractivity contribution in [3.05, 3.63) is 120 Å². The predicted octanol–water partition coefficient (Wildman–Crippen LogP) is 7.43. The molecule has 0 amide bonds. The van der Waals surface area contributed by atoms with E-state index in [9.17, 15) is 0 Å². The number of benzene rings is 3. The number of fused-ring (bicyclic) bond motifs is 3. The molecule has 0 N–H and O–H groups in total. The van der Waals surface area contributed by atoms with Crippen LogP contribution < -0.4 is 0 Å². The topological polar surface area (TPSA) is 25.8 Å². The lowest BCUT2D eigenvalue weighted by molar-refractivity contribution is 0.617. The molecule has 2 aromatic heterocycles. The predicted molar refractivity (Wildman–Crippen MR) is 134 cm³/mol. The molecular weight excluding hydrogens is 388 g/mol. The number of aromatic nitrogens is 2. The van der Waals surface area contributed by atoms with Crippen molar-refractivity contribution < 1.29 is 0 Å². The Balaban J connectivity index is 1.70. The maximum absolute atomic E-state index is 4.64. The molecule has 0 spiro atoms. The lowest BCUT2D eigenvalue weighted by Gasteiger charge is -2.26. The van der Waals surface area contributed by atoms with Gasteiger partial charge in [0, 0.05) is 23.2 Å². The molecule has 2 heteroatoms. The Morgan fingerprint density at radius 2 is 0.906 bits per heavy atom. The number of pyridine rings is 2. The normalized spacial score (nSPS) is 12.4. The van der Waals surface area contributed by atoms with Crippen molar-refractivity contribution >= 4 is 21.5 Å². The molecule has 0 aliphatic rings. The van der Waals surface area contributed by atoms with Gasteiger partial charge in [-0.15, -0.1) is 0 Å². The van der Waals surface area contributed by atoms with E-state index in [1.54, 1.807) is 0 Å². The van der Waals surface area contributed by atoms with E-state index in [1.807, 2.05) is 24.5 Å². The van der Waals surface area contributed by atoms with E-state index in [4.69, 9.17) is 0 Å². The number of hydrogen-bond donors (Lipinski definition) is 0. The molecule has 3 aromatic carbocycles. The Morgan fingerprint density at radius 1 is 0.500 bits per heavy atom. The summed E-state index contributed by atoms with van der Waals surface area (Å²) < 4.78 is 0. The molecule has 5 aromatic rings. The van der Waals surface area contributed by atoms with Crippen LogP contribution in [0, 0.1) is 0 Å². The molecule has 0 aliphatic heterocycles. The highest BCUT2D eigenvalue weighted by Gasteiger charge is 2.26. The van der Waals surface area contributed by atoms with Crippen LogP contribution in [0.5, 0.6) is 0 Å². The Bertz CT molecular complexity index is 1290. The molecule has 0 fully saturated rings. The first-order valence-electron chi connectivity index (χ1n) is 11.2. The van der Waals surface area contributed by atoms with Crippen molar-refractivity contribution in [3.8, 4) is 0 Å². The Morgan fingerprint density at radius 3 is 1.28 bits per heavy atom. The van der Waals surface area contributed by atoms with Crippen LogP contribution in [0.15, 0.2) is 97.3 Å². The Hall–Kier alpha value is -3.52. The second kappa shape index (κ2) is 7.56. The summed E-state index contributed by atoms with van der Waals surface area (Å²) in [7, 11) is 0. The first-order valence-corrected chi connectivity index (χ1v) is 11.2. The van der Waals surface area contributed by atoms with E-state index in [1.165, 1.54) is 32.7 Å². The van der Waals surface area contributed by atoms with Crippen molar-refractivity contribution in [2.45, 2.75) is 38.5 Å². The van der Waals surface area contributed by atoms with Crippen LogP contribution in [0.4, 0.5) is 0 Å². The summed E-state index contributed by atoms with van der Waals surface area (Å²) in [6.07, 6.45) is 3.75. The van der Waals surface area contributed by atoms with Crippen molar-refractivity contribution in [1.82, 2.24) is 9.97 Å². The second-order valence-electron chi connectivity index (χ2n) is 9.62. The molecule has 0 radical (unpaired) electrons. The largest absolute Gasteiger partial charge is 0.260 e. The van der Waals surface area contributed by atoms with Gasteiger partial charge in [-0.25, -0.2) is 0 Å². The molecule has 32 heavy (non-hydrogen) atoms. The smallest absolute Gasteiger partial charge is 0.0503 e. The monoisotopic (exact) mass is 416 g/mol. The lowest BCUT2D eigenvalue weighted by Crippen LogP contribution is -2.20. The van der Waals surface area contributed by atoms with Crippen LogP contribution >= 0.6 is 0 Å². The van der Waals surface area contributed by atoms with E-state index in [0.717, 1.165) is 11.4 Å². The minimum atomic E-state index is -0.178. The van der Waals surface area contributed by atoms with Gasteiger partial charge in [0.1, 0.15) is 0 Å². The molecule has 0 atom stereocenters. The fourth-order valence-electron chi connectivity index (χ4n) is 4.59. The van der Waals surface area contributed by atoms with E-state index in [2.05, 4.69) is 110 Å². The summed E-state index contributed by atoms with van der Waals surface area (Å²) >= 11 is 0. The molecule has 0 unspecified atom stereocenters. The van der Waals surface area contributed by atoms with Crippen LogP contribution in [0.3, 0.4) is 0 Å². The summed E-state index contributed by atoms with van der Waals surface area (Å²) in [6, 6.07) is 30.4. The quantitative estimate of drug-likeness (QED) is 0.285. The Kier molecular flexibility index (Phi) is 4.82. The van der Waals surface area contributed by atoms with Gasteiger partial charge in [-0.2, -0.15) is 0 Å². The average molecular weight is 417 g/mol. The van der Waals surface area contributed by atoms with Crippen LogP contribution in [0.1, 0.15) is 50.2 Å². The highest BCUT2D eigenvalue weighted by molar-refractivity contribution is 6.08. The number of nitrogens with zero attached hydrogens (tertiary/aromatic N) is 2. The van der Waals surface area contributed by atoms with Crippen LogP contribution in [-0.4, -0.2) is 9.97 Å². The molecule has 158 valence electrons. The van der Waals surface area contributed by atoms with Crippen LogP contribution in [0.25, 0.3) is 21.5 Å². The van der Waals surface area contributed by atoms with Gasteiger partial charge < -0.3 is 0 Å². The van der Waals surface area contributed by atoms with Gasteiger partial charge in [-0.05, 0) is 69.1 Å². The molecule has 0 saturated carbocycles. The van der Waals surface area contributed by atoms with E-state index in [0.29, 0.717) is 0 Å². The lowest BCUT2D eigenvalue weighted by atomic mass is 9.78. The molecular formula is C30H28N2. The summed E-state index contributed by atoms with van der Waals surface area (Å²) in [5.74, 6) is 0. The van der Waals surface area contributed by atoms with Gasteiger partial charge in [0.15, 0.2) is 0 Å². The zero-order chi connectivity index (χ0) is 22.3. The summed E-state index contributed by atoms with van der Waals surface area (Å²) in [5, 5.41) is 5.07. The van der Waals surface area contributed by atoms with Crippen molar-refractivity contribution in [2.75, 3.05) is 0 Å². The highest BCUT2D eigenvalue weighted by Crippen LogP contribution is 2.37. The first kappa shape index (κ1) is 20.4. The van der Waals surface area contributed by atoms with E-state index in [-0.39, 0.29) is 10.8 Å². The fraction of sp³-hybridized carbons (Fsp3) is 0.200. The minimum absolute atomic E-state index is 0.178. The van der Waals surface area contributed by atoms with Gasteiger partial charge in [0.05, 0.1) is 11.4 Å². The van der Waals surface area contributed by atoms with Crippen molar-refractivity contribution in [3.63, 3.8) is 0 Å². The first-order chi connectivity index (χ1) is 15.4. The van der Waals surface area contributed by atoms with E-state index < -0.39 is 0 Å². The third-order valence-corrected chi connectivity index (χ3v) is 6.89. The molecule has 0 bridgehead atoms. The standard InChI is InChI=1S/C30H28N2/c1-29(2,27-9-5-7-17-31-27)23-15-13-21-11-12-22-14-16-24(20-26(22)25(21)19-23)30(3,4)28-10-6-8-18-32-28/h5-20H,1-4H3. The van der Waals surface area contributed by atoms with Gasteiger partial charge in [0.2, 0.25) is 0 Å². The van der Waals surface area contributed by atoms with Gasteiger partial charge in [-0.3, -0.25) is 9.97 Å². The number of rotatable bonds is 4. The van der Waals surface area contributed by atoms with Crippen LogP contribution in [-0.2, 0) is 10.8 Å². The SMILES string of the molecule is CC(C)(c1ccc2ccc3ccc(C(C)(C)c4ccccn4)cc3c2c1)c1ccccn1. The number of hydrogen-bond acceptors (Lipinski definition) is 2. The molecule has 5 rings (SSSR count). The molecule has 2 nitrogen and oxygen atoms in total. The Labute approximate surface area is 190 Å². The summed E-state index contributed by atoms with van der Waals surface area (Å²) in [4.78, 5) is 9.28. The van der Waals surface area contributed by atoms with Crippen molar-refractivity contribution in [1.29, 1.82) is 0 Å². The van der Waals surface area contributed by atoms with E-state index >= 15 is 0 Å². The average Bonchev–Trinajstić information content (AvgIpc) is 2.84. The van der Waals surface area contributed by atoms with Crippen molar-refractivity contribution in [2.24, 2.45) is 0 Å². The minimum Gasteiger partial charge on any atom is -0.260 e. The maximum Gasteiger partial charge on any atom is 0.0503 e. The molecule has 2 heterocycles. The van der Waals surface area contributed by atoms with Crippen LogP contribution in [0.2, 0.25) is 0 Å². The summed E-state index contributed by atoms with van der Waals surface area (Å²) in [5.41, 5.74) is 4.34.